The number of rotatable bonds is 10. The van der Waals surface area contributed by atoms with Gasteiger partial charge >= 0.3 is 0 Å². The first-order valence-electron chi connectivity index (χ1n) is 15.5. The van der Waals surface area contributed by atoms with Gasteiger partial charge in [-0.3, -0.25) is 14.6 Å². The molecule has 2 fully saturated rings. The highest BCUT2D eigenvalue weighted by atomic mass is 16.3. The topological polar surface area (TPSA) is 96.5 Å². The minimum Gasteiger partial charge on any atom is -0.446 e. The van der Waals surface area contributed by atoms with Crippen molar-refractivity contribution in [1.82, 2.24) is 14.9 Å². The highest BCUT2D eigenvalue weighted by Crippen LogP contribution is 2.36. The van der Waals surface area contributed by atoms with Crippen molar-refractivity contribution in [2.45, 2.75) is 70.4 Å². The summed E-state index contributed by atoms with van der Waals surface area (Å²) >= 11 is 0. The zero-order chi connectivity index (χ0) is 29.8. The number of hydrogen-bond donors (Lipinski definition) is 1. The van der Waals surface area contributed by atoms with Gasteiger partial charge in [-0.05, 0) is 86.8 Å². The van der Waals surface area contributed by atoms with E-state index in [-0.39, 0.29) is 36.0 Å². The lowest BCUT2D eigenvalue weighted by molar-refractivity contribution is 0.0456. The number of aliphatic hydroxyl groups excluding tert-OH is 1. The van der Waals surface area contributed by atoms with Crippen LogP contribution in [0.5, 0.6) is 0 Å². The van der Waals surface area contributed by atoms with Gasteiger partial charge in [0.2, 0.25) is 5.89 Å². The maximum atomic E-state index is 14.1. The summed E-state index contributed by atoms with van der Waals surface area (Å²) in [7, 11) is 0. The minimum atomic E-state index is -0.554. The molecule has 1 saturated carbocycles. The maximum Gasteiger partial charge on any atom is 0.254 e. The number of carbonyl (C=O) groups is 2. The number of hydrogen-bond acceptors (Lipinski definition) is 6. The molecule has 1 amide bonds. The van der Waals surface area contributed by atoms with E-state index in [2.05, 4.69) is 22.1 Å². The summed E-state index contributed by atoms with van der Waals surface area (Å²) in [4.78, 5) is 38.9. The Labute approximate surface area is 253 Å². The first-order chi connectivity index (χ1) is 21.0. The van der Waals surface area contributed by atoms with Gasteiger partial charge < -0.3 is 14.4 Å². The highest BCUT2D eigenvalue weighted by molar-refractivity contribution is 6.02. The van der Waals surface area contributed by atoms with Crippen molar-refractivity contribution in [2.24, 2.45) is 11.8 Å². The average Bonchev–Trinajstić information content (AvgIpc) is 3.83. The first-order valence-corrected chi connectivity index (χ1v) is 15.5. The van der Waals surface area contributed by atoms with E-state index in [0.717, 1.165) is 49.8 Å². The fourth-order valence-corrected chi connectivity index (χ4v) is 6.82. The third kappa shape index (κ3) is 6.62. The number of likely N-dealkylation sites (tertiary alicyclic amines) is 1. The zero-order valence-electron chi connectivity index (χ0n) is 24.7. The molecule has 43 heavy (non-hydrogen) atoms. The number of carbonyl (C=O) groups excluding carboxylic acids is 2. The third-order valence-corrected chi connectivity index (χ3v) is 9.05. The van der Waals surface area contributed by atoms with Gasteiger partial charge in [-0.15, -0.1) is 0 Å². The fourth-order valence-electron chi connectivity index (χ4n) is 6.82. The number of benzene rings is 2. The summed E-state index contributed by atoms with van der Waals surface area (Å²) in [6.07, 6.45) is 9.45. The Balaban J connectivity index is 1.32. The summed E-state index contributed by atoms with van der Waals surface area (Å²) in [5.41, 5.74) is 4.21. The number of oxazole rings is 1. The number of pyridine rings is 1. The molecular weight excluding hydrogens is 538 g/mol. The molecule has 0 bridgehead atoms. The third-order valence-electron chi connectivity index (χ3n) is 9.05. The number of nitrogens with zero attached hydrogens (tertiary/aromatic N) is 3. The molecule has 7 nitrogen and oxygen atoms in total. The molecule has 4 aromatic rings. The van der Waals surface area contributed by atoms with Crippen molar-refractivity contribution >= 4 is 11.7 Å². The van der Waals surface area contributed by atoms with E-state index in [0.29, 0.717) is 41.2 Å². The van der Waals surface area contributed by atoms with Crippen LogP contribution in [0.4, 0.5) is 0 Å². The predicted molar refractivity (Wildman–Crippen MR) is 164 cm³/mol. The van der Waals surface area contributed by atoms with E-state index in [4.69, 9.17) is 4.42 Å². The number of amides is 1. The summed E-state index contributed by atoms with van der Waals surface area (Å²) in [6, 6.07) is 20.8. The van der Waals surface area contributed by atoms with Crippen molar-refractivity contribution in [3.63, 3.8) is 0 Å². The van der Waals surface area contributed by atoms with Gasteiger partial charge in [-0.25, -0.2) is 4.98 Å². The van der Waals surface area contributed by atoms with Crippen molar-refractivity contribution in [1.29, 1.82) is 0 Å². The molecule has 0 radical (unpaired) electrons. The molecule has 3 heterocycles. The van der Waals surface area contributed by atoms with Crippen LogP contribution in [0.2, 0.25) is 0 Å². The highest BCUT2D eigenvalue weighted by Gasteiger charge is 2.35. The summed E-state index contributed by atoms with van der Waals surface area (Å²) < 4.78 is 5.68. The Hall–Kier alpha value is -4.10. The Bertz CT molecular complexity index is 1550. The Morgan fingerprint density at radius 1 is 0.977 bits per heavy atom. The molecule has 1 saturated heterocycles. The van der Waals surface area contributed by atoms with Crippen LogP contribution >= 0.6 is 0 Å². The molecule has 1 aliphatic heterocycles. The van der Waals surface area contributed by atoms with E-state index < -0.39 is 6.10 Å². The van der Waals surface area contributed by atoms with E-state index >= 15 is 0 Å². The van der Waals surface area contributed by atoms with Gasteiger partial charge in [0.15, 0.2) is 5.78 Å². The van der Waals surface area contributed by atoms with Gasteiger partial charge in [-0.2, -0.15) is 0 Å². The molecule has 7 heteroatoms. The number of aliphatic hydroxyl groups is 1. The number of ketones is 1. The van der Waals surface area contributed by atoms with E-state index in [1.54, 1.807) is 23.4 Å². The van der Waals surface area contributed by atoms with E-state index in [9.17, 15) is 14.7 Å². The molecule has 1 aliphatic carbocycles. The SMILES string of the molecule is Cc1coc(C2CCCN2C(=O)c2cc(C(=O)C[C@@H](Cc3ccccc3)[C@H](O)C3CCCC3)cc(-c3ccccn3)c2)n1. The Kier molecular flexibility index (Phi) is 8.79. The molecule has 222 valence electrons. The lowest BCUT2D eigenvalue weighted by atomic mass is 9.81. The van der Waals surface area contributed by atoms with Gasteiger partial charge in [0, 0.05) is 35.9 Å². The van der Waals surface area contributed by atoms with Crippen molar-refractivity contribution in [3.8, 4) is 11.3 Å². The van der Waals surface area contributed by atoms with Crippen molar-refractivity contribution in [2.75, 3.05) is 6.54 Å². The molecule has 2 aromatic heterocycles. The van der Waals surface area contributed by atoms with Gasteiger partial charge in [0.1, 0.15) is 12.3 Å². The molecule has 2 aliphatic rings. The second-order valence-corrected chi connectivity index (χ2v) is 12.1. The zero-order valence-corrected chi connectivity index (χ0v) is 24.7. The van der Waals surface area contributed by atoms with E-state index in [1.807, 2.05) is 55.5 Å². The lowest BCUT2D eigenvalue weighted by Crippen LogP contribution is -2.32. The lowest BCUT2D eigenvalue weighted by Gasteiger charge is -2.27. The Morgan fingerprint density at radius 2 is 1.74 bits per heavy atom. The van der Waals surface area contributed by atoms with Crippen LogP contribution in [0.25, 0.3) is 11.3 Å². The van der Waals surface area contributed by atoms with E-state index in [1.165, 1.54) is 0 Å². The van der Waals surface area contributed by atoms with Gasteiger partial charge in [-0.1, -0.05) is 49.2 Å². The molecule has 1 N–H and O–H groups in total. The number of aryl methyl sites for hydroxylation is 1. The maximum absolute atomic E-state index is 14.1. The minimum absolute atomic E-state index is 0.0777. The fraction of sp³-hybridized carbons (Fsp3) is 0.389. The predicted octanol–water partition coefficient (Wildman–Crippen LogP) is 7.01. The quantitative estimate of drug-likeness (QED) is 0.204. The standard InChI is InChI=1S/C36H39N3O4/c1-24-23-43-35(38-24)32-15-9-17-39(32)36(42)30-20-27(31-14-7-8-16-37-31)19-28(21-30)33(40)22-29(18-25-10-3-2-4-11-25)34(41)26-12-5-6-13-26/h2-4,7-8,10-11,14,16,19-21,23,26,29,32,34,41H,5-6,9,12-13,15,17-18,22H2,1H3/t29-,32?,34-/m1/s1. The smallest absolute Gasteiger partial charge is 0.254 e. The molecule has 0 spiro atoms. The number of Topliss-reactive ketones (excluding diaryl/α,β-unsaturated/α-hetero) is 1. The van der Waals surface area contributed by atoms with Crippen LogP contribution in [0.15, 0.2) is 83.6 Å². The molecule has 3 atom stereocenters. The van der Waals surface area contributed by atoms with Crippen LogP contribution < -0.4 is 0 Å². The van der Waals surface area contributed by atoms with Gasteiger partial charge in [0.25, 0.3) is 5.91 Å². The second-order valence-electron chi connectivity index (χ2n) is 12.1. The molecule has 6 rings (SSSR count). The molecular formula is C36H39N3O4. The largest absolute Gasteiger partial charge is 0.446 e. The van der Waals surface area contributed by atoms with Crippen LogP contribution in [-0.2, 0) is 6.42 Å². The van der Waals surface area contributed by atoms with Crippen molar-refractivity contribution in [3.05, 3.63) is 107 Å². The van der Waals surface area contributed by atoms with Crippen LogP contribution in [-0.4, -0.2) is 44.3 Å². The van der Waals surface area contributed by atoms with Crippen LogP contribution in [0, 0.1) is 18.8 Å². The monoisotopic (exact) mass is 577 g/mol. The molecule has 2 aromatic carbocycles. The molecule has 1 unspecified atom stereocenters. The normalized spacial score (nSPS) is 18.6. The number of aromatic nitrogens is 2. The first kappa shape index (κ1) is 29.0. The van der Waals surface area contributed by atoms with Crippen LogP contribution in [0.3, 0.4) is 0 Å². The summed E-state index contributed by atoms with van der Waals surface area (Å²) in [5.74, 6) is 0.310. The van der Waals surface area contributed by atoms with Crippen LogP contribution in [0.1, 0.15) is 88.9 Å². The average molecular weight is 578 g/mol. The second kappa shape index (κ2) is 13.0. The summed E-state index contributed by atoms with van der Waals surface area (Å²) in [6.45, 7) is 2.46. The van der Waals surface area contributed by atoms with Gasteiger partial charge in [0.05, 0.1) is 17.5 Å². The van der Waals surface area contributed by atoms with Crippen molar-refractivity contribution < 1.29 is 19.1 Å². The summed E-state index contributed by atoms with van der Waals surface area (Å²) in [5, 5.41) is 11.5. The Morgan fingerprint density at radius 3 is 2.47 bits per heavy atom.